The number of aromatic nitrogens is 7. The maximum Gasteiger partial charge on any atom is 0.201 e. The topological polar surface area (TPSA) is 134 Å². The Hall–Kier alpha value is -3.70. The predicted octanol–water partition coefficient (Wildman–Crippen LogP) is 3.10. The van der Waals surface area contributed by atoms with E-state index in [1.54, 1.807) is 18.5 Å². The number of rotatable bonds is 6. The average molecular weight is 506 g/mol. The van der Waals surface area contributed by atoms with Crippen LogP contribution in [0.5, 0.6) is 0 Å². The first-order chi connectivity index (χ1) is 17.8. The zero-order valence-electron chi connectivity index (χ0n) is 20.3. The summed E-state index contributed by atoms with van der Waals surface area (Å²) >= 11 is 0. The Morgan fingerprint density at radius 2 is 1.89 bits per heavy atom. The van der Waals surface area contributed by atoms with Gasteiger partial charge in [-0.2, -0.15) is 10.2 Å². The summed E-state index contributed by atoms with van der Waals surface area (Å²) in [6.07, 6.45) is 4.12. The molecular weight excluding hydrogens is 480 g/mol. The Bertz CT molecular complexity index is 1490. The second-order valence-electron chi connectivity index (χ2n) is 10.3. The van der Waals surface area contributed by atoms with Crippen LogP contribution in [0.1, 0.15) is 55.4 Å². The zero-order valence-corrected chi connectivity index (χ0v) is 20.3. The monoisotopic (exact) mass is 505 g/mol. The fourth-order valence-electron chi connectivity index (χ4n) is 6.22. The van der Waals surface area contributed by atoms with Crippen LogP contribution in [0.3, 0.4) is 0 Å². The minimum absolute atomic E-state index is 0.104. The molecule has 0 saturated heterocycles. The number of aliphatic hydroxyl groups excluding tert-OH is 2. The third-order valence-corrected chi connectivity index (χ3v) is 8.07. The second kappa shape index (κ2) is 8.42. The van der Waals surface area contributed by atoms with Crippen molar-refractivity contribution in [1.82, 2.24) is 35.3 Å². The Labute approximate surface area is 211 Å². The first kappa shape index (κ1) is 23.7. The molecule has 2 aliphatic rings. The summed E-state index contributed by atoms with van der Waals surface area (Å²) in [5, 5.41) is 34.6. The maximum atomic E-state index is 14.5. The van der Waals surface area contributed by atoms with Crippen molar-refractivity contribution in [2.24, 2.45) is 5.41 Å². The molecule has 1 saturated carbocycles. The van der Waals surface area contributed by atoms with E-state index in [9.17, 15) is 13.9 Å². The molecule has 0 aliphatic heterocycles. The summed E-state index contributed by atoms with van der Waals surface area (Å²) in [6.45, 7) is 3.94. The van der Waals surface area contributed by atoms with E-state index in [-0.39, 0.29) is 35.6 Å². The molecule has 3 N–H and O–H groups in total. The summed E-state index contributed by atoms with van der Waals surface area (Å²) in [7, 11) is 0. The van der Waals surface area contributed by atoms with E-state index >= 15 is 0 Å². The van der Waals surface area contributed by atoms with Crippen LogP contribution < -0.4 is 0 Å². The smallest absolute Gasteiger partial charge is 0.201 e. The van der Waals surface area contributed by atoms with Gasteiger partial charge in [-0.1, -0.05) is 19.9 Å². The molecule has 0 spiro atoms. The molecular formula is C26H25F2N7O2. The molecule has 3 heterocycles. The highest BCUT2D eigenvalue weighted by Crippen LogP contribution is 2.69. The van der Waals surface area contributed by atoms with Crippen LogP contribution in [-0.2, 0) is 11.8 Å². The van der Waals surface area contributed by atoms with Gasteiger partial charge in [0, 0.05) is 12.6 Å². The number of nitrogens with zero attached hydrogens (tertiary/aromatic N) is 6. The first-order valence-electron chi connectivity index (χ1n) is 12.1. The normalized spacial score (nSPS) is 22.3. The van der Waals surface area contributed by atoms with Crippen molar-refractivity contribution in [2.45, 2.75) is 50.5 Å². The van der Waals surface area contributed by atoms with Crippen LogP contribution in [0, 0.1) is 17.0 Å². The van der Waals surface area contributed by atoms with Gasteiger partial charge in [-0.15, -0.1) is 5.10 Å². The summed E-state index contributed by atoms with van der Waals surface area (Å²) in [5.41, 5.74) is 1.93. The van der Waals surface area contributed by atoms with E-state index in [1.165, 1.54) is 18.2 Å². The van der Waals surface area contributed by atoms with Crippen LogP contribution in [0.4, 0.5) is 8.78 Å². The van der Waals surface area contributed by atoms with E-state index in [2.05, 4.69) is 44.2 Å². The summed E-state index contributed by atoms with van der Waals surface area (Å²) in [6, 6.07) is 5.52. The highest BCUT2D eigenvalue weighted by molar-refractivity contribution is 5.64. The average Bonchev–Trinajstić information content (AvgIpc) is 3.51. The zero-order chi connectivity index (χ0) is 25.9. The molecule has 2 bridgehead atoms. The minimum atomic E-state index is -0.940. The largest absolute Gasteiger partial charge is 0.394 e. The van der Waals surface area contributed by atoms with E-state index in [0.29, 0.717) is 23.0 Å². The van der Waals surface area contributed by atoms with E-state index in [0.717, 1.165) is 24.1 Å². The van der Waals surface area contributed by atoms with Crippen LogP contribution in [0.2, 0.25) is 0 Å². The Morgan fingerprint density at radius 1 is 1.11 bits per heavy atom. The molecule has 1 fully saturated rings. The van der Waals surface area contributed by atoms with Crippen LogP contribution in [-0.4, -0.2) is 58.3 Å². The van der Waals surface area contributed by atoms with Gasteiger partial charge in [0.05, 0.1) is 47.0 Å². The van der Waals surface area contributed by atoms with Gasteiger partial charge in [0.2, 0.25) is 5.82 Å². The molecule has 9 nitrogen and oxygen atoms in total. The van der Waals surface area contributed by atoms with Gasteiger partial charge in [0.1, 0.15) is 23.2 Å². The van der Waals surface area contributed by atoms with E-state index < -0.39 is 23.2 Å². The molecule has 3 atom stereocenters. The van der Waals surface area contributed by atoms with Crippen molar-refractivity contribution in [3.05, 3.63) is 71.1 Å². The van der Waals surface area contributed by atoms with Gasteiger partial charge in [-0.05, 0) is 47.9 Å². The third kappa shape index (κ3) is 3.41. The van der Waals surface area contributed by atoms with Crippen molar-refractivity contribution in [1.29, 1.82) is 0 Å². The predicted molar refractivity (Wildman–Crippen MR) is 128 cm³/mol. The molecule has 11 heteroatoms. The molecule has 1 unspecified atom stereocenters. The van der Waals surface area contributed by atoms with Crippen LogP contribution >= 0.6 is 0 Å². The van der Waals surface area contributed by atoms with Crippen LogP contribution in [0.25, 0.3) is 22.8 Å². The quantitative estimate of drug-likeness (QED) is 0.364. The van der Waals surface area contributed by atoms with Gasteiger partial charge in [0.15, 0.2) is 0 Å². The molecule has 4 aromatic rings. The van der Waals surface area contributed by atoms with Crippen LogP contribution in [0.15, 0.2) is 36.7 Å². The van der Waals surface area contributed by atoms with Gasteiger partial charge in [-0.3, -0.25) is 10.1 Å². The molecule has 2 aliphatic carbocycles. The number of benzene rings is 1. The summed E-state index contributed by atoms with van der Waals surface area (Å²) in [4.78, 5) is 13.7. The van der Waals surface area contributed by atoms with Crippen molar-refractivity contribution in [3.8, 4) is 22.8 Å². The maximum absolute atomic E-state index is 14.5. The minimum Gasteiger partial charge on any atom is -0.394 e. The second-order valence-corrected chi connectivity index (χ2v) is 10.3. The fourth-order valence-corrected chi connectivity index (χ4v) is 6.22. The van der Waals surface area contributed by atoms with Gasteiger partial charge < -0.3 is 10.2 Å². The van der Waals surface area contributed by atoms with E-state index in [4.69, 9.17) is 10.1 Å². The van der Waals surface area contributed by atoms with Gasteiger partial charge in [-0.25, -0.2) is 18.7 Å². The molecule has 190 valence electrons. The first-order valence-corrected chi connectivity index (χ1v) is 12.1. The summed E-state index contributed by atoms with van der Waals surface area (Å²) < 4.78 is 29.0. The van der Waals surface area contributed by atoms with Crippen molar-refractivity contribution in [2.75, 3.05) is 6.61 Å². The molecule has 0 radical (unpaired) electrons. The Balaban J connectivity index is 1.43. The number of aliphatic hydroxyl groups is 2. The number of nitrogens with one attached hydrogen (secondary N) is 1. The highest BCUT2D eigenvalue weighted by Gasteiger charge is 2.65. The Morgan fingerprint density at radius 3 is 2.65 bits per heavy atom. The van der Waals surface area contributed by atoms with Crippen molar-refractivity contribution < 1.29 is 19.0 Å². The van der Waals surface area contributed by atoms with Gasteiger partial charge >= 0.3 is 0 Å². The molecule has 37 heavy (non-hydrogen) atoms. The number of hydrogen-bond donors (Lipinski definition) is 3. The molecule has 0 amide bonds. The van der Waals surface area contributed by atoms with Crippen molar-refractivity contribution >= 4 is 0 Å². The molecule has 1 aromatic carbocycles. The lowest BCUT2D eigenvalue weighted by Gasteiger charge is -2.37. The number of halogens is 2. The number of aromatic amines is 1. The lowest BCUT2D eigenvalue weighted by molar-refractivity contribution is 0.0939. The summed E-state index contributed by atoms with van der Waals surface area (Å²) in [5.74, 6) is -0.502. The molecule has 6 rings (SSSR count). The lowest BCUT2D eigenvalue weighted by Crippen LogP contribution is -2.38. The van der Waals surface area contributed by atoms with Gasteiger partial charge in [0.25, 0.3) is 0 Å². The van der Waals surface area contributed by atoms with E-state index in [1.807, 2.05) is 0 Å². The standard InChI is InChI=1S/C26H25F2N7O2/c1-25(2)15-6-7-26(25,23-14(15)9-18(32-34-23)22-16(27)4-3-5-17(22)28)20-11-29-10-19(30-20)24-31-21(33-35-24)8-13(37)12-36/h3-5,9-11,13,15,36-37H,6-8,12H2,1-2H3,(H,31,33,35)/t13?,15-,26-/m0/s1. The fraction of sp³-hybridized carbons (Fsp3) is 0.385. The number of hydrogen-bond acceptors (Lipinski definition) is 8. The SMILES string of the molecule is CC1(C)[C@H]2CC[C@]1(c1cncc(-c3n[nH]c(CC(O)CO)n3)n1)c1nnc(-c3c(F)cccc3F)cc12. The lowest BCUT2D eigenvalue weighted by atomic mass is 9.66. The third-order valence-electron chi connectivity index (χ3n) is 8.07. The van der Waals surface area contributed by atoms with Crippen molar-refractivity contribution in [3.63, 3.8) is 0 Å². The number of H-pyrrole nitrogens is 1. The number of fused-ring (bicyclic) bond motifs is 5. The molecule has 3 aromatic heterocycles. The highest BCUT2D eigenvalue weighted by atomic mass is 19.1. The Kier molecular flexibility index (Phi) is 5.39.